The maximum absolute atomic E-state index is 6.53. The molecular weight excluding hydrogens is 426 g/mol. The summed E-state index contributed by atoms with van der Waals surface area (Å²) < 4.78 is 8.99. The SMILES string of the molecule is CC1(C)c2ccc3c4ccccc4n(-c4ccc5ccccc5c4)c3c2-c2c1oc1ccccc21. The molecule has 166 valence electrons. The van der Waals surface area contributed by atoms with E-state index >= 15 is 0 Å². The standard InChI is InChI=1S/C33H23NO/c1-33(2)26-18-17-24-23-11-5-7-13-27(23)34(22-16-15-20-9-3-4-10-21(20)19-22)31(24)30(26)29-25-12-6-8-14-28(25)35-32(29)33/h3-19H,1-2H3. The van der Waals surface area contributed by atoms with Crippen LogP contribution in [0, 0.1) is 0 Å². The van der Waals surface area contributed by atoms with E-state index in [1.165, 1.54) is 60.3 Å². The van der Waals surface area contributed by atoms with Gasteiger partial charge in [0.2, 0.25) is 0 Å². The minimum absolute atomic E-state index is 0.206. The molecule has 1 aliphatic rings. The lowest BCUT2D eigenvalue weighted by Crippen LogP contribution is -2.14. The van der Waals surface area contributed by atoms with Gasteiger partial charge in [0.05, 0.1) is 11.0 Å². The number of nitrogens with zero attached hydrogens (tertiary/aromatic N) is 1. The maximum Gasteiger partial charge on any atom is 0.134 e. The van der Waals surface area contributed by atoms with Gasteiger partial charge in [0.15, 0.2) is 0 Å². The van der Waals surface area contributed by atoms with Gasteiger partial charge < -0.3 is 8.98 Å². The second kappa shape index (κ2) is 6.43. The van der Waals surface area contributed by atoms with Gasteiger partial charge in [-0.1, -0.05) is 78.9 Å². The van der Waals surface area contributed by atoms with Crippen molar-refractivity contribution in [2.75, 3.05) is 0 Å². The average Bonchev–Trinajstić information content (AvgIpc) is 3.51. The Labute approximate surface area is 203 Å². The molecule has 0 fully saturated rings. The van der Waals surface area contributed by atoms with Gasteiger partial charge in [-0.05, 0) is 54.4 Å². The van der Waals surface area contributed by atoms with Crippen molar-refractivity contribution in [3.8, 4) is 16.8 Å². The molecule has 0 radical (unpaired) electrons. The molecule has 2 nitrogen and oxygen atoms in total. The Morgan fingerprint density at radius 3 is 2.26 bits per heavy atom. The first-order chi connectivity index (χ1) is 17.1. The second-order valence-electron chi connectivity index (χ2n) is 10.2. The van der Waals surface area contributed by atoms with Crippen molar-refractivity contribution in [1.29, 1.82) is 0 Å². The van der Waals surface area contributed by atoms with Crippen molar-refractivity contribution in [2.45, 2.75) is 19.3 Å². The predicted octanol–water partition coefficient (Wildman–Crippen LogP) is 8.99. The first-order valence-electron chi connectivity index (χ1n) is 12.2. The number of fused-ring (bicyclic) bond motifs is 10. The number of para-hydroxylation sites is 2. The molecule has 1 aliphatic carbocycles. The highest BCUT2D eigenvalue weighted by Gasteiger charge is 2.42. The van der Waals surface area contributed by atoms with Crippen LogP contribution < -0.4 is 0 Å². The Bertz CT molecular complexity index is 1980. The Morgan fingerprint density at radius 1 is 0.629 bits per heavy atom. The molecule has 0 spiro atoms. The van der Waals surface area contributed by atoms with Crippen molar-refractivity contribution in [1.82, 2.24) is 4.57 Å². The number of furan rings is 1. The van der Waals surface area contributed by atoms with Crippen LogP contribution in [0.3, 0.4) is 0 Å². The van der Waals surface area contributed by atoms with E-state index in [2.05, 4.69) is 122 Å². The zero-order chi connectivity index (χ0) is 23.3. The van der Waals surface area contributed by atoms with Crippen LogP contribution in [0.4, 0.5) is 0 Å². The van der Waals surface area contributed by atoms with Gasteiger partial charge in [0, 0.05) is 38.4 Å². The number of rotatable bonds is 1. The Balaban J connectivity index is 1.60. The highest BCUT2D eigenvalue weighted by molar-refractivity contribution is 6.18. The fourth-order valence-corrected chi connectivity index (χ4v) is 6.27. The van der Waals surface area contributed by atoms with E-state index in [0.717, 1.165) is 11.3 Å². The number of aromatic nitrogens is 1. The highest BCUT2D eigenvalue weighted by atomic mass is 16.3. The van der Waals surface area contributed by atoms with Crippen molar-refractivity contribution < 1.29 is 4.42 Å². The van der Waals surface area contributed by atoms with E-state index < -0.39 is 0 Å². The molecule has 7 aromatic rings. The summed E-state index contributed by atoms with van der Waals surface area (Å²) in [6, 6.07) is 37.2. The number of hydrogen-bond acceptors (Lipinski definition) is 1. The quantitative estimate of drug-likeness (QED) is 0.244. The summed E-state index contributed by atoms with van der Waals surface area (Å²) in [6.45, 7) is 4.57. The van der Waals surface area contributed by atoms with Crippen LogP contribution >= 0.6 is 0 Å². The highest BCUT2D eigenvalue weighted by Crippen LogP contribution is 2.56. The summed E-state index contributed by atoms with van der Waals surface area (Å²) in [5.41, 5.74) is 8.30. The Kier molecular flexibility index (Phi) is 3.50. The number of benzene rings is 5. The molecule has 2 aromatic heterocycles. The largest absolute Gasteiger partial charge is 0.459 e. The molecule has 0 amide bonds. The minimum Gasteiger partial charge on any atom is -0.459 e. The fraction of sp³-hybridized carbons (Fsp3) is 0.0909. The summed E-state index contributed by atoms with van der Waals surface area (Å²) in [6.07, 6.45) is 0. The summed E-state index contributed by atoms with van der Waals surface area (Å²) in [5, 5.41) is 6.25. The minimum atomic E-state index is -0.206. The van der Waals surface area contributed by atoms with Gasteiger partial charge in [-0.15, -0.1) is 0 Å². The summed E-state index contributed by atoms with van der Waals surface area (Å²) in [4.78, 5) is 0. The fourth-order valence-electron chi connectivity index (χ4n) is 6.27. The van der Waals surface area contributed by atoms with Crippen LogP contribution in [0.25, 0.3) is 60.4 Å². The molecule has 0 atom stereocenters. The molecule has 35 heavy (non-hydrogen) atoms. The van der Waals surface area contributed by atoms with Gasteiger partial charge in [0.25, 0.3) is 0 Å². The van der Waals surface area contributed by atoms with E-state index in [9.17, 15) is 0 Å². The first-order valence-corrected chi connectivity index (χ1v) is 12.2. The van der Waals surface area contributed by atoms with E-state index in [4.69, 9.17) is 4.42 Å². The third-order valence-corrected chi connectivity index (χ3v) is 7.91. The van der Waals surface area contributed by atoms with Crippen LogP contribution in [0.1, 0.15) is 25.2 Å². The number of hydrogen-bond donors (Lipinski definition) is 0. The van der Waals surface area contributed by atoms with Gasteiger partial charge in [0.1, 0.15) is 11.3 Å². The third-order valence-electron chi connectivity index (χ3n) is 7.91. The smallest absolute Gasteiger partial charge is 0.134 e. The average molecular weight is 450 g/mol. The Hall–Kier alpha value is -4.30. The van der Waals surface area contributed by atoms with Crippen molar-refractivity contribution >= 4 is 43.5 Å². The molecule has 0 aliphatic heterocycles. The van der Waals surface area contributed by atoms with E-state index in [0.29, 0.717) is 0 Å². The molecule has 0 saturated heterocycles. The van der Waals surface area contributed by atoms with Gasteiger partial charge in [-0.3, -0.25) is 0 Å². The summed E-state index contributed by atoms with van der Waals surface area (Å²) in [5.74, 6) is 1.07. The van der Waals surface area contributed by atoms with E-state index in [-0.39, 0.29) is 5.41 Å². The van der Waals surface area contributed by atoms with Crippen LogP contribution in [0.2, 0.25) is 0 Å². The third kappa shape index (κ3) is 2.34. The zero-order valence-corrected chi connectivity index (χ0v) is 19.7. The summed E-state index contributed by atoms with van der Waals surface area (Å²) >= 11 is 0. The van der Waals surface area contributed by atoms with Crippen molar-refractivity contribution in [3.05, 3.63) is 114 Å². The predicted molar refractivity (Wildman–Crippen MR) is 146 cm³/mol. The van der Waals surface area contributed by atoms with E-state index in [1.54, 1.807) is 0 Å². The molecule has 2 heteroatoms. The topological polar surface area (TPSA) is 18.1 Å². The normalized spacial score (nSPS) is 14.2. The van der Waals surface area contributed by atoms with Gasteiger partial charge >= 0.3 is 0 Å². The van der Waals surface area contributed by atoms with Gasteiger partial charge in [-0.25, -0.2) is 0 Å². The lowest BCUT2D eigenvalue weighted by Gasteiger charge is -2.19. The van der Waals surface area contributed by atoms with Crippen LogP contribution in [0.5, 0.6) is 0 Å². The summed E-state index contributed by atoms with van der Waals surface area (Å²) in [7, 11) is 0. The van der Waals surface area contributed by atoms with Crippen LogP contribution in [0.15, 0.2) is 108 Å². The Morgan fingerprint density at radius 2 is 1.37 bits per heavy atom. The van der Waals surface area contributed by atoms with Gasteiger partial charge in [-0.2, -0.15) is 0 Å². The molecule has 0 saturated carbocycles. The zero-order valence-electron chi connectivity index (χ0n) is 19.7. The molecular formula is C33H23NO. The van der Waals surface area contributed by atoms with Crippen molar-refractivity contribution in [3.63, 3.8) is 0 Å². The molecule has 8 rings (SSSR count). The van der Waals surface area contributed by atoms with Crippen molar-refractivity contribution in [2.24, 2.45) is 0 Å². The molecule has 0 N–H and O–H groups in total. The molecule has 5 aromatic carbocycles. The van der Waals surface area contributed by atoms with Crippen LogP contribution in [-0.2, 0) is 5.41 Å². The second-order valence-corrected chi connectivity index (χ2v) is 10.2. The van der Waals surface area contributed by atoms with E-state index in [1.807, 2.05) is 0 Å². The van der Waals surface area contributed by atoms with Crippen LogP contribution in [-0.4, -0.2) is 4.57 Å². The lowest BCUT2D eigenvalue weighted by molar-refractivity contribution is 0.465. The molecule has 0 unspecified atom stereocenters. The lowest BCUT2D eigenvalue weighted by atomic mass is 9.85. The monoisotopic (exact) mass is 449 g/mol. The first kappa shape index (κ1) is 19.1. The molecule has 2 heterocycles. The molecule has 0 bridgehead atoms. The maximum atomic E-state index is 6.53.